The van der Waals surface area contributed by atoms with Gasteiger partial charge in [0.2, 0.25) is 0 Å². The molecule has 5 rings (SSSR count). The Labute approximate surface area is 215 Å². The Kier molecular flexibility index (Phi) is 7.83. The Bertz CT molecular complexity index is 1180. The minimum absolute atomic E-state index is 0.198. The van der Waals surface area contributed by atoms with Crippen molar-refractivity contribution in [3.8, 4) is 5.69 Å². The molecule has 0 radical (unpaired) electrons. The zero-order valence-electron chi connectivity index (χ0n) is 20.9. The van der Waals surface area contributed by atoms with Crippen molar-refractivity contribution >= 4 is 5.69 Å². The Morgan fingerprint density at radius 1 is 1.05 bits per heavy atom. The molecular formula is C28H34F3N5O. The first-order valence-electron chi connectivity index (χ1n) is 13.0. The largest absolute Gasteiger partial charge is 0.435 e. The van der Waals surface area contributed by atoms with Crippen molar-refractivity contribution in [3.05, 3.63) is 77.1 Å². The number of ether oxygens (including phenoxy) is 1. The molecule has 1 aromatic heterocycles. The molecule has 1 atom stereocenters. The maximum atomic E-state index is 13.5. The number of rotatable bonds is 10. The monoisotopic (exact) mass is 513 g/mol. The lowest BCUT2D eigenvalue weighted by Gasteiger charge is -2.35. The number of nitrogens with zero attached hydrogens (tertiary/aromatic N) is 3. The molecular weight excluding hydrogens is 479 g/mol. The van der Waals surface area contributed by atoms with Crippen LogP contribution in [0.3, 0.4) is 0 Å². The van der Waals surface area contributed by atoms with Gasteiger partial charge >= 0.3 is 6.18 Å². The smallest absolute Gasteiger partial charge is 0.379 e. The van der Waals surface area contributed by atoms with E-state index < -0.39 is 11.9 Å². The van der Waals surface area contributed by atoms with Gasteiger partial charge in [0.25, 0.3) is 0 Å². The lowest BCUT2D eigenvalue weighted by Crippen LogP contribution is -2.39. The van der Waals surface area contributed by atoms with E-state index >= 15 is 0 Å². The highest BCUT2D eigenvalue weighted by Gasteiger charge is 2.35. The molecule has 3 aromatic rings. The van der Waals surface area contributed by atoms with Crippen LogP contribution in [0.1, 0.15) is 54.2 Å². The molecule has 2 aromatic carbocycles. The van der Waals surface area contributed by atoms with Crippen molar-refractivity contribution < 1.29 is 17.9 Å². The van der Waals surface area contributed by atoms with Crippen molar-refractivity contribution in [1.29, 1.82) is 0 Å². The SMILES string of the molecule is NCc1cccc(-n2nc(C(F)(F)F)cc2CNc2cccc(C(CCC3CC3)N3CCOCC3)c2)c1. The van der Waals surface area contributed by atoms with Crippen LogP contribution in [-0.2, 0) is 24.0 Å². The van der Waals surface area contributed by atoms with Crippen LogP contribution in [0.15, 0.2) is 54.6 Å². The molecule has 2 aliphatic rings. The van der Waals surface area contributed by atoms with Crippen molar-refractivity contribution in [2.45, 2.75) is 51.0 Å². The number of nitrogens with one attached hydrogen (secondary N) is 1. The minimum Gasteiger partial charge on any atom is -0.379 e. The number of aromatic nitrogens is 2. The highest BCUT2D eigenvalue weighted by atomic mass is 19.4. The van der Waals surface area contributed by atoms with Gasteiger partial charge < -0.3 is 15.8 Å². The first-order chi connectivity index (χ1) is 17.9. The first-order valence-corrected chi connectivity index (χ1v) is 13.0. The predicted molar refractivity (Wildman–Crippen MR) is 137 cm³/mol. The summed E-state index contributed by atoms with van der Waals surface area (Å²) in [6.07, 6.45) is 0.463. The van der Waals surface area contributed by atoms with Crippen LogP contribution in [0.25, 0.3) is 5.69 Å². The number of hydrogen-bond acceptors (Lipinski definition) is 5. The molecule has 1 unspecified atom stereocenters. The number of halogens is 3. The van der Waals surface area contributed by atoms with Crippen molar-refractivity contribution in [3.63, 3.8) is 0 Å². The Balaban J connectivity index is 1.37. The number of morpholine rings is 1. The summed E-state index contributed by atoms with van der Waals surface area (Å²) in [7, 11) is 0. The standard InChI is InChI=1S/C28H34F3N5O/c29-28(30,31)27-17-25(36(34-27)24-6-1-3-21(15-24)18-32)19-33-23-5-2-4-22(16-23)26(10-9-20-7-8-20)35-11-13-37-14-12-35/h1-6,15-17,20,26,33H,7-14,18-19,32H2. The highest BCUT2D eigenvalue weighted by molar-refractivity contribution is 5.47. The van der Waals surface area contributed by atoms with E-state index in [1.807, 2.05) is 18.2 Å². The number of anilines is 1. The fourth-order valence-corrected chi connectivity index (χ4v) is 5.02. The molecule has 1 aliphatic heterocycles. The molecule has 1 saturated heterocycles. The van der Waals surface area contributed by atoms with Crippen molar-refractivity contribution in [2.24, 2.45) is 11.7 Å². The molecule has 3 N–H and O–H groups in total. The van der Waals surface area contributed by atoms with E-state index in [4.69, 9.17) is 10.5 Å². The van der Waals surface area contributed by atoms with Gasteiger partial charge in [-0.15, -0.1) is 0 Å². The second-order valence-electron chi connectivity index (χ2n) is 9.97. The average molecular weight is 514 g/mol. The normalized spacial score (nSPS) is 17.6. The molecule has 0 bridgehead atoms. The fraction of sp³-hybridized carbons (Fsp3) is 0.464. The summed E-state index contributed by atoms with van der Waals surface area (Å²) in [5, 5.41) is 7.23. The number of nitrogens with two attached hydrogens (primary N) is 1. The molecule has 2 heterocycles. The zero-order chi connectivity index (χ0) is 25.8. The van der Waals surface area contributed by atoms with E-state index in [1.54, 1.807) is 18.2 Å². The first kappa shape index (κ1) is 25.8. The third-order valence-electron chi connectivity index (χ3n) is 7.24. The van der Waals surface area contributed by atoms with Gasteiger partial charge in [0.15, 0.2) is 5.69 Å². The van der Waals surface area contributed by atoms with Crippen LogP contribution >= 0.6 is 0 Å². The number of benzene rings is 2. The minimum atomic E-state index is -4.53. The maximum absolute atomic E-state index is 13.5. The zero-order valence-corrected chi connectivity index (χ0v) is 20.9. The molecule has 1 aliphatic carbocycles. The molecule has 6 nitrogen and oxygen atoms in total. The van der Waals surface area contributed by atoms with Crippen molar-refractivity contribution in [1.82, 2.24) is 14.7 Å². The molecule has 9 heteroatoms. The van der Waals surface area contributed by atoms with Gasteiger partial charge in [0.05, 0.1) is 31.1 Å². The molecule has 0 spiro atoms. The summed E-state index contributed by atoms with van der Waals surface area (Å²) < 4.78 is 47.5. The lowest BCUT2D eigenvalue weighted by molar-refractivity contribution is -0.141. The summed E-state index contributed by atoms with van der Waals surface area (Å²) in [5.74, 6) is 0.853. The average Bonchev–Trinajstić information content (AvgIpc) is 3.63. The van der Waals surface area contributed by atoms with Crippen LogP contribution < -0.4 is 11.1 Å². The highest BCUT2D eigenvalue weighted by Crippen LogP contribution is 2.38. The van der Waals surface area contributed by atoms with E-state index in [1.165, 1.54) is 29.5 Å². The maximum Gasteiger partial charge on any atom is 0.435 e. The topological polar surface area (TPSA) is 68.3 Å². The van der Waals surface area contributed by atoms with Crippen LogP contribution in [-0.4, -0.2) is 41.0 Å². The molecule has 37 heavy (non-hydrogen) atoms. The van der Waals surface area contributed by atoms with Gasteiger partial charge in [-0.2, -0.15) is 18.3 Å². The van der Waals surface area contributed by atoms with Crippen LogP contribution in [0, 0.1) is 5.92 Å². The van der Waals surface area contributed by atoms with E-state index in [2.05, 4.69) is 27.4 Å². The van der Waals surface area contributed by atoms with Gasteiger partial charge in [0.1, 0.15) is 0 Å². The quantitative estimate of drug-likeness (QED) is 0.373. The van der Waals surface area contributed by atoms with E-state index in [9.17, 15) is 13.2 Å². The van der Waals surface area contributed by atoms with Gasteiger partial charge in [0, 0.05) is 31.4 Å². The summed E-state index contributed by atoms with van der Waals surface area (Å²) >= 11 is 0. The Morgan fingerprint density at radius 3 is 2.57 bits per heavy atom. The van der Waals surface area contributed by atoms with Gasteiger partial charge in [-0.25, -0.2) is 4.68 Å². The molecule has 1 saturated carbocycles. The Morgan fingerprint density at radius 2 is 1.84 bits per heavy atom. The van der Waals surface area contributed by atoms with Crippen LogP contribution in [0.4, 0.5) is 18.9 Å². The summed E-state index contributed by atoms with van der Waals surface area (Å²) in [4.78, 5) is 2.50. The van der Waals surface area contributed by atoms with Gasteiger partial charge in [-0.05, 0) is 60.2 Å². The summed E-state index contributed by atoms with van der Waals surface area (Å²) in [5.41, 5.74) is 8.74. The third kappa shape index (κ3) is 6.52. The van der Waals surface area contributed by atoms with Crippen molar-refractivity contribution in [2.75, 3.05) is 31.6 Å². The number of alkyl halides is 3. The van der Waals surface area contributed by atoms with Crippen LogP contribution in [0.5, 0.6) is 0 Å². The van der Waals surface area contributed by atoms with Crippen LogP contribution in [0.2, 0.25) is 0 Å². The summed E-state index contributed by atoms with van der Waals surface area (Å²) in [6.45, 7) is 3.81. The molecule has 2 fully saturated rings. The second-order valence-corrected chi connectivity index (χ2v) is 9.97. The second kappa shape index (κ2) is 11.2. The third-order valence-corrected chi connectivity index (χ3v) is 7.24. The molecule has 0 amide bonds. The predicted octanol–water partition coefficient (Wildman–Crippen LogP) is 5.53. The Hall–Kier alpha value is -2.88. The fourth-order valence-electron chi connectivity index (χ4n) is 5.02. The van der Waals surface area contributed by atoms with E-state index in [0.717, 1.165) is 56.0 Å². The van der Waals surface area contributed by atoms with Gasteiger partial charge in [-0.1, -0.05) is 37.1 Å². The summed E-state index contributed by atoms with van der Waals surface area (Å²) in [6, 6.07) is 16.8. The number of hydrogen-bond donors (Lipinski definition) is 2. The lowest BCUT2D eigenvalue weighted by atomic mass is 9.98. The van der Waals surface area contributed by atoms with E-state index in [-0.39, 0.29) is 6.54 Å². The van der Waals surface area contributed by atoms with Gasteiger partial charge in [-0.3, -0.25) is 4.90 Å². The molecule has 198 valence electrons. The van der Waals surface area contributed by atoms with E-state index in [0.29, 0.717) is 24.0 Å².